The Morgan fingerprint density at radius 1 is 0.433 bits per heavy atom. The molecule has 640 valence electrons. The third-order valence-corrected chi connectivity index (χ3v) is 24.0. The molecule has 4 N–H and O–H groups in total. The zero-order valence-corrected chi connectivity index (χ0v) is 69.5. The molecule has 5 aliphatic heterocycles. The molecule has 30 nitrogen and oxygen atoms in total. The van der Waals surface area contributed by atoms with E-state index < -0.39 is 5.60 Å². The van der Waals surface area contributed by atoms with Crippen LogP contribution in [0.15, 0.2) is 135 Å². The number of amides is 1. The minimum atomic E-state index is -0.463. The van der Waals surface area contributed by atoms with Crippen LogP contribution in [0.1, 0.15) is 146 Å². The molecule has 30 heteroatoms. The Kier molecular flexibility index (Phi) is 28.6. The molecule has 8 aliphatic rings. The Morgan fingerprint density at radius 3 is 1.26 bits per heavy atom. The molecule has 3 aliphatic carbocycles. The largest absolute Gasteiger partial charge is 0.488 e. The van der Waals surface area contributed by atoms with E-state index in [1.54, 1.807) is 43.6 Å². The lowest BCUT2D eigenvalue weighted by molar-refractivity contribution is 0.0487. The van der Waals surface area contributed by atoms with E-state index in [2.05, 4.69) is 145 Å². The number of aromatic nitrogens is 10. The van der Waals surface area contributed by atoms with Gasteiger partial charge in [0.25, 0.3) is 0 Å². The van der Waals surface area contributed by atoms with Crippen LogP contribution < -0.4 is 45.6 Å². The average molecular weight is 1640 g/mol. The maximum absolute atomic E-state index is 12.0. The van der Waals surface area contributed by atoms with Crippen LogP contribution in [0.5, 0.6) is 5.75 Å². The van der Waals surface area contributed by atoms with E-state index in [4.69, 9.17) is 46.5 Å². The summed E-state index contributed by atoms with van der Waals surface area (Å²) in [7, 11) is 0. The molecule has 0 atom stereocenters. The Bertz CT molecular complexity index is 4860. The van der Waals surface area contributed by atoms with Crippen LogP contribution in [0.3, 0.4) is 0 Å². The van der Waals surface area contributed by atoms with E-state index in [0.29, 0.717) is 30.0 Å². The fourth-order valence-electron chi connectivity index (χ4n) is 17.7. The van der Waals surface area contributed by atoms with Gasteiger partial charge in [0.05, 0.1) is 59.0 Å². The lowest BCUT2D eigenvalue weighted by Gasteiger charge is -2.33. The molecule has 120 heavy (non-hydrogen) atoms. The molecule has 0 radical (unpaired) electrons. The molecule has 4 aromatic carbocycles. The quantitative estimate of drug-likeness (QED) is 0.0584. The van der Waals surface area contributed by atoms with Crippen molar-refractivity contribution in [2.45, 2.75) is 187 Å². The van der Waals surface area contributed by atoms with Crippen molar-refractivity contribution in [3.63, 3.8) is 0 Å². The number of alkyl carbamates (subject to hydrolysis) is 1. The van der Waals surface area contributed by atoms with Crippen LogP contribution in [0.4, 0.5) is 45.1 Å². The van der Waals surface area contributed by atoms with Crippen LogP contribution in [0.2, 0.25) is 0 Å². The number of ether oxygens (including phenoxy) is 6. The summed E-state index contributed by atoms with van der Waals surface area (Å²) in [5.41, 5.74) is 12.0. The van der Waals surface area contributed by atoms with Gasteiger partial charge in [-0.05, 0) is 227 Å². The third kappa shape index (κ3) is 22.9. The van der Waals surface area contributed by atoms with Gasteiger partial charge < -0.3 is 87.4 Å². The van der Waals surface area contributed by atoms with Crippen LogP contribution in [-0.2, 0) is 43.1 Å². The molecule has 5 saturated heterocycles. The number of hydrogen-bond donors (Lipinski definition) is 4. The van der Waals surface area contributed by atoms with Crippen molar-refractivity contribution < 1.29 is 51.3 Å². The monoisotopic (exact) mass is 1640 g/mol. The number of hydrogen-bond acceptors (Lipinski definition) is 29. The number of piperidine rings is 1. The lowest BCUT2D eigenvalue weighted by atomic mass is 9.82. The summed E-state index contributed by atoms with van der Waals surface area (Å²) in [6, 6.07) is 24.9. The maximum atomic E-state index is 12.0. The first-order valence-electron chi connectivity index (χ1n) is 43.1. The summed E-state index contributed by atoms with van der Waals surface area (Å²) in [5.74, 6) is 6.20. The fourth-order valence-corrected chi connectivity index (χ4v) is 17.7. The molecule has 1 amide bonds. The standard InChI is InChI=1S/C23H33N3O4.C22H28N6O2.C22H27N5O3.C22H27N5O2.CH4/c1-23(2,3)30-22(27)24-19-6-4-16(5-7-19)12-17-13-20(26-8-10-28-11-9-26)14-18-15-29-25-21(17)18;1-16-23-5-2-21(24-16)25-19-3-6-27(7-4-19)14-17-12-20(28-8-10-29-11-9-28)13-18-15-30-26-22(17)18;1-15-23-7-6-21(24-15)25-17-2-4-19(5-3-17)30-20-13-18(27-8-10-28-11-9-27)12-16-14-29-26-22(16)20;1-6-23-22(24-7-1)25-19-4-2-16(3-5-19)12-17-13-20(27-8-10-28-11-9-27)14-18-15-29-26-21(17)18;/h13-16,19H,4-12H2,1-3H3,(H,24,27);2,5,12-13,15,19H,3-4,6-11,14H2,1H3,(H,23,24,25);6-7,12-14,17,19H,2-5,8-11H2,1H3,(H,23,24,25);1,6-7,13-16,19H,2-5,8-12H2,(H,23,24,25);1H4. The Hall–Kier alpha value is -10.5. The van der Waals surface area contributed by atoms with E-state index in [0.717, 1.165) is 299 Å². The van der Waals surface area contributed by atoms with E-state index in [1.807, 2.05) is 59.0 Å². The van der Waals surface area contributed by atoms with Crippen LogP contribution in [0.25, 0.3) is 43.6 Å². The Balaban J connectivity index is 0.000000124. The highest BCUT2D eigenvalue weighted by Gasteiger charge is 2.31. The molecule has 0 spiro atoms. The van der Waals surface area contributed by atoms with Gasteiger partial charge in [0.1, 0.15) is 70.5 Å². The molecule has 8 fully saturated rings. The number of carbonyl (C=O) groups excluding carboxylic acids is 1. The van der Waals surface area contributed by atoms with Crippen molar-refractivity contribution >= 4 is 90.0 Å². The van der Waals surface area contributed by atoms with Gasteiger partial charge in [0.2, 0.25) is 5.95 Å². The SMILES string of the molecule is C.CC(C)(C)OC(=O)NC1CCC(Cc2cc(N3CCOCC3)cc3conc23)CC1.Cc1nccc(NC2CCC(Oc3cc(N4CCOCC4)cc4conc34)CC2)n1.Cc1nccc(NC2CCN(Cc3cc(N4CCOCC4)cc4conc34)CC2)n1.c1cnc(NC2CCC(Cc3cc(N4CCOCC4)cc4conc34)CC2)nc1. The van der Waals surface area contributed by atoms with Crippen LogP contribution in [0, 0.1) is 25.7 Å². The summed E-state index contributed by atoms with van der Waals surface area (Å²) >= 11 is 0. The number of nitrogens with zero attached hydrogens (tertiary/aromatic N) is 15. The van der Waals surface area contributed by atoms with Crippen molar-refractivity contribution in [1.82, 2.24) is 60.7 Å². The number of likely N-dealkylation sites (tertiary alicyclic amines) is 1. The minimum absolute atomic E-state index is 0. The van der Waals surface area contributed by atoms with Crippen molar-refractivity contribution in [3.8, 4) is 5.75 Å². The second-order valence-corrected chi connectivity index (χ2v) is 33.8. The molecule has 19 rings (SSSR count). The highest BCUT2D eigenvalue weighted by Crippen LogP contribution is 2.39. The average Bonchev–Trinajstić information content (AvgIpc) is 1.70. The zero-order valence-electron chi connectivity index (χ0n) is 69.5. The molecule has 3 saturated carbocycles. The van der Waals surface area contributed by atoms with Gasteiger partial charge in [-0.25, -0.2) is 34.7 Å². The van der Waals surface area contributed by atoms with Gasteiger partial charge in [-0.15, -0.1) is 0 Å². The maximum Gasteiger partial charge on any atom is 0.407 e. The zero-order chi connectivity index (χ0) is 81.3. The Morgan fingerprint density at radius 2 is 0.817 bits per heavy atom. The first kappa shape index (κ1) is 84.5. The minimum Gasteiger partial charge on any atom is -0.488 e. The molecular formula is C90H119N19O11. The number of benzene rings is 4. The van der Waals surface area contributed by atoms with Gasteiger partial charge in [-0.3, -0.25) is 4.90 Å². The molecule has 0 bridgehead atoms. The second kappa shape index (κ2) is 40.7. The molecule has 11 aromatic rings. The summed E-state index contributed by atoms with van der Waals surface area (Å²) < 4.78 is 55.0. The third-order valence-electron chi connectivity index (χ3n) is 24.0. The normalized spacial score (nSPS) is 21.4. The molecule has 7 aromatic heterocycles. The number of rotatable bonds is 19. The molecule has 12 heterocycles. The lowest BCUT2D eigenvalue weighted by Crippen LogP contribution is -2.41. The predicted octanol–water partition coefficient (Wildman–Crippen LogP) is 15.0. The summed E-state index contributed by atoms with van der Waals surface area (Å²) in [5, 5.41) is 34.8. The highest BCUT2D eigenvalue weighted by molar-refractivity contribution is 5.89. The number of fused-ring (bicyclic) bond motifs is 4. The fraction of sp³-hybridized carbons (Fsp3) is 0.544. The predicted molar refractivity (Wildman–Crippen MR) is 465 cm³/mol. The number of nitrogens with one attached hydrogen (secondary N) is 4. The number of morpholine rings is 4. The summed E-state index contributed by atoms with van der Waals surface area (Å²) in [6.45, 7) is 26.0. The molecular weight excluding hydrogens is 1520 g/mol. The summed E-state index contributed by atoms with van der Waals surface area (Å²) in [6.07, 6.45) is 31.1. The topological polar surface area (TPSA) is 318 Å². The highest BCUT2D eigenvalue weighted by atomic mass is 16.6. The number of anilines is 7. The van der Waals surface area contributed by atoms with E-state index in [-0.39, 0.29) is 25.7 Å². The van der Waals surface area contributed by atoms with Gasteiger partial charge in [-0.2, -0.15) is 0 Å². The number of carbonyl (C=O) groups is 1. The van der Waals surface area contributed by atoms with Gasteiger partial charge in [-0.1, -0.05) is 28.1 Å². The van der Waals surface area contributed by atoms with E-state index in [9.17, 15) is 4.79 Å². The van der Waals surface area contributed by atoms with Crippen LogP contribution in [-0.4, -0.2) is 216 Å². The van der Waals surface area contributed by atoms with E-state index in [1.165, 1.54) is 46.6 Å². The van der Waals surface area contributed by atoms with Crippen LogP contribution >= 0.6 is 0 Å². The van der Waals surface area contributed by atoms with Crippen molar-refractivity contribution in [3.05, 3.63) is 145 Å². The van der Waals surface area contributed by atoms with Gasteiger partial charge in [0.15, 0.2) is 11.3 Å². The first-order valence-corrected chi connectivity index (χ1v) is 43.1. The van der Waals surface area contributed by atoms with Crippen molar-refractivity contribution in [1.29, 1.82) is 0 Å². The van der Waals surface area contributed by atoms with Crippen molar-refractivity contribution in [2.75, 3.05) is 154 Å². The Labute approximate surface area is 702 Å². The van der Waals surface area contributed by atoms with Crippen molar-refractivity contribution in [2.24, 2.45) is 11.8 Å². The molecule has 0 unspecified atom stereocenters. The van der Waals surface area contributed by atoms with Gasteiger partial charge in [0, 0.05) is 171 Å². The summed E-state index contributed by atoms with van der Waals surface area (Å²) in [4.78, 5) is 49.9. The first-order chi connectivity index (χ1) is 58.2. The van der Waals surface area contributed by atoms with E-state index >= 15 is 0 Å². The number of aryl methyl sites for hydroxylation is 2. The smallest absolute Gasteiger partial charge is 0.407 e. The second-order valence-electron chi connectivity index (χ2n) is 33.8. The van der Waals surface area contributed by atoms with Gasteiger partial charge >= 0.3 is 6.09 Å².